The first-order valence-corrected chi connectivity index (χ1v) is 6.03. The van der Waals surface area contributed by atoms with Crippen molar-refractivity contribution in [1.82, 2.24) is 0 Å². The first-order chi connectivity index (χ1) is 5.86. The molecular formula is C10H17BrO. The van der Waals surface area contributed by atoms with E-state index in [1.807, 2.05) is 0 Å². The van der Waals surface area contributed by atoms with Crippen molar-refractivity contribution in [2.45, 2.75) is 49.5 Å². The van der Waals surface area contributed by atoms with Gasteiger partial charge in [-0.05, 0) is 38.0 Å². The summed E-state index contributed by atoms with van der Waals surface area (Å²) in [5.74, 6) is 0.896. The van der Waals surface area contributed by atoms with Gasteiger partial charge in [-0.25, -0.2) is 0 Å². The molecule has 1 heterocycles. The number of halogens is 1. The molecule has 12 heavy (non-hydrogen) atoms. The van der Waals surface area contributed by atoms with Crippen molar-refractivity contribution in [1.29, 1.82) is 0 Å². The molecule has 1 aliphatic carbocycles. The van der Waals surface area contributed by atoms with Crippen LogP contribution in [0.5, 0.6) is 0 Å². The van der Waals surface area contributed by atoms with Crippen LogP contribution in [0.2, 0.25) is 0 Å². The van der Waals surface area contributed by atoms with Crippen molar-refractivity contribution >= 4 is 15.9 Å². The van der Waals surface area contributed by atoms with Crippen LogP contribution >= 0.6 is 15.9 Å². The second-order valence-electron chi connectivity index (χ2n) is 4.08. The van der Waals surface area contributed by atoms with Crippen LogP contribution < -0.4 is 0 Å². The molecule has 0 aromatic heterocycles. The average Bonchev–Trinajstić information content (AvgIpc) is 2.65. The standard InChI is InChI=1S/C10H17BrO/c11-10-5-1-3-8(10)7-9-4-2-6-12-9/h8-10H,1-7H2. The third kappa shape index (κ3) is 2.02. The number of hydrogen-bond acceptors (Lipinski definition) is 1. The zero-order valence-corrected chi connectivity index (χ0v) is 9.05. The van der Waals surface area contributed by atoms with Crippen LogP contribution in [0.4, 0.5) is 0 Å². The molecule has 2 rings (SSSR count). The lowest BCUT2D eigenvalue weighted by Gasteiger charge is -2.17. The predicted octanol–water partition coefficient (Wildman–Crippen LogP) is 3.12. The molecule has 2 aliphatic rings. The summed E-state index contributed by atoms with van der Waals surface area (Å²) in [5, 5.41) is 0. The highest BCUT2D eigenvalue weighted by Crippen LogP contribution is 2.36. The number of alkyl halides is 1. The van der Waals surface area contributed by atoms with Gasteiger partial charge in [0, 0.05) is 11.4 Å². The molecule has 0 bridgehead atoms. The van der Waals surface area contributed by atoms with Gasteiger partial charge >= 0.3 is 0 Å². The fraction of sp³-hybridized carbons (Fsp3) is 1.00. The second-order valence-corrected chi connectivity index (χ2v) is 5.25. The van der Waals surface area contributed by atoms with Gasteiger partial charge in [-0.2, -0.15) is 0 Å². The Hall–Kier alpha value is 0.440. The van der Waals surface area contributed by atoms with Crippen molar-refractivity contribution in [3.63, 3.8) is 0 Å². The van der Waals surface area contributed by atoms with Crippen LogP contribution in [0.25, 0.3) is 0 Å². The zero-order chi connectivity index (χ0) is 8.39. The van der Waals surface area contributed by atoms with Crippen LogP contribution in [0, 0.1) is 5.92 Å². The van der Waals surface area contributed by atoms with Gasteiger partial charge in [-0.3, -0.25) is 0 Å². The molecule has 3 unspecified atom stereocenters. The second kappa shape index (κ2) is 4.10. The number of ether oxygens (including phenoxy) is 1. The van der Waals surface area contributed by atoms with E-state index in [0.29, 0.717) is 6.10 Å². The predicted molar refractivity (Wildman–Crippen MR) is 53.6 cm³/mol. The molecule has 0 amide bonds. The van der Waals surface area contributed by atoms with E-state index in [1.54, 1.807) is 0 Å². The third-order valence-electron chi connectivity index (χ3n) is 3.16. The van der Waals surface area contributed by atoms with Gasteiger partial charge in [0.15, 0.2) is 0 Å². The molecule has 0 aromatic rings. The topological polar surface area (TPSA) is 9.23 Å². The molecule has 0 spiro atoms. The monoisotopic (exact) mass is 232 g/mol. The van der Waals surface area contributed by atoms with Crippen LogP contribution in [-0.4, -0.2) is 17.5 Å². The lowest BCUT2D eigenvalue weighted by Crippen LogP contribution is -2.15. The van der Waals surface area contributed by atoms with E-state index in [-0.39, 0.29) is 0 Å². The summed E-state index contributed by atoms with van der Waals surface area (Å²) in [6.45, 7) is 1.00. The van der Waals surface area contributed by atoms with E-state index in [1.165, 1.54) is 38.5 Å². The first kappa shape index (κ1) is 9.01. The lowest BCUT2D eigenvalue weighted by atomic mass is 9.99. The Bertz CT molecular complexity index is 143. The number of hydrogen-bond donors (Lipinski definition) is 0. The molecule has 1 aliphatic heterocycles. The van der Waals surface area contributed by atoms with E-state index < -0.39 is 0 Å². The van der Waals surface area contributed by atoms with E-state index >= 15 is 0 Å². The Balaban J connectivity index is 1.77. The molecule has 70 valence electrons. The lowest BCUT2D eigenvalue weighted by molar-refractivity contribution is 0.0911. The van der Waals surface area contributed by atoms with Gasteiger partial charge in [0.1, 0.15) is 0 Å². The Morgan fingerprint density at radius 2 is 2.08 bits per heavy atom. The quantitative estimate of drug-likeness (QED) is 0.666. The molecule has 1 nitrogen and oxygen atoms in total. The molecule has 2 heteroatoms. The summed E-state index contributed by atoms with van der Waals surface area (Å²) in [5.41, 5.74) is 0. The number of rotatable bonds is 2. The highest BCUT2D eigenvalue weighted by atomic mass is 79.9. The Labute approximate surface area is 83.0 Å². The van der Waals surface area contributed by atoms with Gasteiger partial charge in [-0.15, -0.1) is 0 Å². The minimum absolute atomic E-state index is 0.591. The molecular weight excluding hydrogens is 216 g/mol. The molecule has 1 saturated heterocycles. The van der Waals surface area contributed by atoms with E-state index in [4.69, 9.17) is 4.74 Å². The van der Waals surface area contributed by atoms with Gasteiger partial charge in [0.05, 0.1) is 6.10 Å². The third-order valence-corrected chi connectivity index (χ3v) is 4.36. The van der Waals surface area contributed by atoms with Crippen LogP contribution in [0.3, 0.4) is 0 Å². The maximum Gasteiger partial charge on any atom is 0.0579 e. The van der Waals surface area contributed by atoms with Crippen LogP contribution in [0.1, 0.15) is 38.5 Å². The normalized spacial score (nSPS) is 42.2. The van der Waals surface area contributed by atoms with Crippen LogP contribution in [0.15, 0.2) is 0 Å². The molecule has 0 N–H and O–H groups in total. The summed E-state index contributed by atoms with van der Waals surface area (Å²) in [6, 6.07) is 0. The minimum Gasteiger partial charge on any atom is -0.378 e. The first-order valence-electron chi connectivity index (χ1n) is 5.12. The average molecular weight is 233 g/mol. The van der Waals surface area contributed by atoms with Crippen molar-refractivity contribution in [2.24, 2.45) is 5.92 Å². The summed E-state index contributed by atoms with van der Waals surface area (Å²) < 4.78 is 5.64. The van der Waals surface area contributed by atoms with Gasteiger partial charge in [0.25, 0.3) is 0 Å². The van der Waals surface area contributed by atoms with Gasteiger partial charge in [-0.1, -0.05) is 22.4 Å². The smallest absolute Gasteiger partial charge is 0.0579 e. The molecule has 0 radical (unpaired) electrons. The van der Waals surface area contributed by atoms with E-state index in [0.717, 1.165) is 17.4 Å². The van der Waals surface area contributed by atoms with Gasteiger partial charge < -0.3 is 4.74 Å². The maximum atomic E-state index is 5.64. The highest BCUT2D eigenvalue weighted by Gasteiger charge is 2.28. The summed E-state index contributed by atoms with van der Waals surface area (Å²) in [7, 11) is 0. The summed E-state index contributed by atoms with van der Waals surface area (Å²) in [6.07, 6.45) is 8.67. The van der Waals surface area contributed by atoms with Crippen molar-refractivity contribution < 1.29 is 4.74 Å². The zero-order valence-electron chi connectivity index (χ0n) is 7.47. The summed E-state index contributed by atoms with van der Waals surface area (Å²) >= 11 is 3.76. The Morgan fingerprint density at radius 3 is 2.67 bits per heavy atom. The van der Waals surface area contributed by atoms with Crippen molar-refractivity contribution in [3.05, 3.63) is 0 Å². The SMILES string of the molecule is BrC1CCCC1CC1CCCO1. The molecule has 2 fully saturated rings. The fourth-order valence-corrected chi connectivity index (χ4v) is 3.23. The maximum absolute atomic E-state index is 5.64. The fourth-order valence-electron chi connectivity index (χ4n) is 2.43. The largest absolute Gasteiger partial charge is 0.378 e. The summed E-state index contributed by atoms with van der Waals surface area (Å²) in [4.78, 5) is 0.779. The molecule has 3 atom stereocenters. The Morgan fingerprint density at radius 1 is 1.17 bits per heavy atom. The van der Waals surface area contributed by atoms with Crippen LogP contribution in [-0.2, 0) is 4.74 Å². The Kier molecular flexibility index (Phi) is 3.08. The van der Waals surface area contributed by atoms with Gasteiger partial charge in [0.2, 0.25) is 0 Å². The van der Waals surface area contributed by atoms with Crippen molar-refractivity contribution in [2.75, 3.05) is 6.61 Å². The minimum atomic E-state index is 0.591. The highest BCUT2D eigenvalue weighted by molar-refractivity contribution is 9.09. The van der Waals surface area contributed by atoms with E-state index in [9.17, 15) is 0 Å². The van der Waals surface area contributed by atoms with Crippen molar-refractivity contribution in [3.8, 4) is 0 Å². The molecule has 1 saturated carbocycles. The van der Waals surface area contributed by atoms with E-state index in [2.05, 4.69) is 15.9 Å². The molecule has 0 aromatic carbocycles.